The van der Waals surface area contributed by atoms with Crippen molar-refractivity contribution in [3.05, 3.63) is 58.9 Å². The number of hydrogen-bond acceptors (Lipinski definition) is 2. The highest BCUT2D eigenvalue weighted by atomic mass is 35.5. The monoisotopic (exact) mass is 323 g/mol. The lowest BCUT2D eigenvalue weighted by Gasteiger charge is -2.03. The number of aromatic nitrogens is 2. The fourth-order valence-electron chi connectivity index (χ4n) is 2.97. The zero-order chi connectivity index (χ0) is 16.0. The van der Waals surface area contributed by atoms with E-state index in [0.717, 1.165) is 34.7 Å². The van der Waals surface area contributed by atoms with Crippen LogP contribution in [0.15, 0.2) is 42.5 Å². The summed E-state index contributed by atoms with van der Waals surface area (Å²) >= 11 is 6.08. The van der Waals surface area contributed by atoms with E-state index in [9.17, 15) is 4.79 Å². The summed E-state index contributed by atoms with van der Waals surface area (Å²) < 4.78 is 2.10. The first-order valence-electron chi connectivity index (χ1n) is 7.45. The van der Waals surface area contributed by atoms with Gasteiger partial charge in [0.05, 0.1) is 16.6 Å². The van der Waals surface area contributed by atoms with E-state index in [4.69, 9.17) is 11.6 Å². The van der Waals surface area contributed by atoms with Gasteiger partial charge in [-0.15, -0.1) is 0 Å². The Labute approximate surface area is 138 Å². The van der Waals surface area contributed by atoms with E-state index in [2.05, 4.69) is 21.8 Å². The van der Waals surface area contributed by atoms with Crippen LogP contribution in [0.2, 0.25) is 5.02 Å². The molecule has 0 fully saturated rings. The van der Waals surface area contributed by atoms with Crippen molar-refractivity contribution >= 4 is 45.9 Å². The standard InChI is InChI=1S/C18H14ClN3O/c1-2-22-16-6-4-3-5-15(16)20-17(22)10-13-12-9-11(19)7-8-14(12)21-18(13)23/h3-10H,2H2,1H3,(H,21,23)/b13-10+. The summed E-state index contributed by atoms with van der Waals surface area (Å²) in [6.45, 7) is 2.85. The van der Waals surface area contributed by atoms with Crippen molar-refractivity contribution in [3.63, 3.8) is 0 Å². The van der Waals surface area contributed by atoms with Gasteiger partial charge in [-0.3, -0.25) is 4.79 Å². The third kappa shape index (κ3) is 2.23. The molecule has 0 aliphatic carbocycles. The number of fused-ring (bicyclic) bond motifs is 2. The third-order valence-electron chi connectivity index (χ3n) is 4.04. The SMILES string of the molecule is CCn1c(/C=C2/C(=O)Nc3ccc(Cl)cc32)nc2ccccc21. The Bertz CT molecular complexity index is 972. The van der Waals surface area contributed by atoms with Gasteiger partial charge in [0.15, 0.2) is 0 Å². The molecule has 1 amide bonds. The molecule has 1 aliphatic heterocycles. The van der Waals surface area contributed by atoms with Gasteiger partial charge in [-0.2, -0.15) is 0 Å². The first kappa shape index (κ1) is 14.0. The van der Waals surface area contributed by atoms with E-state index in [-0.39, 0.29) is 5.91 Å². The Morgan fingerprint density at radius 2 is 2.09 bits per heavy atom. The molecule has 1 aromatic heterocycles. The van der Waals surface area contributed by atoms with Crippen molar-refractivity contribution in [3.8, 4) is 0 Å². The number of anilines is 1. The van der Waals surface area contributed by atoms with Crippen LogP contribution in [0, 0.1) is 0 Å². The Hall–Kier alpha value is -2.59. The van der Waals surface area contributed by atoms with E-state index in [1.807, 2.05) is 36.4 Å². The molecule has 1 aliphatic rings. The first-order valence-corrected chi connectivity index (χ1v) is 7.83. The van der Waals surface area contributed by atoms with Crippen molar-refractivity contribution in [1.29, 1.82) is 0 Å². The fraction of sp³-hybridized carbons (Fsp3) is 0.111. The lowest BCUT2D eigenvalue weighted by molar-refractivity contribution is -0.110. The lowest BCUT2D eigenvalue weighted by Crippen LogP contribution is -2.04. The van der Waals surface area contributed by atoms with Gasteiger partial charge in [0, 0.05) is 22.8 Å². The van der Waals surface area contributed by atoms with E-state index in [0.29, 0.717) is 10.6 Å². The number of carbonyl (C=O) groups is 1. The molecule has 4 rings (SSSR count). The molecule has 0 saturated carbocycles. The molecule has 1 N–H and O–H groups in total. The molecule has 23 heavy (non-hydrogen) atoms. The minimum Gasteiger partial charge on any atom is -0.325 e. The molecule has 3 aromatic rings. The van der Waals surface area contributed by atoms with Crippen molar-refractivity contribution in [2.45, 2.75) is 13.5 Å². The average molecular weight is 324 g/mol. The predicted octanol–water partition coefficient (Wildman–Crippen LogP) is 4.20. The van der Waals surface area contributed by atoms with Crippen LogP contribution in [0.25, 0.3) is 22.7 Å². The molecule has 0 bridgehead atoms. The summed E-state index contributed by atoms with van der Waals surface area (Å²) in [6.07, 6.45) is 1.83. The number of carbonyl (C=O) groups excluding carboxylic acids is 1. The van der Waals surface area contributed by atoms with Gasteiger partial charge < -0.3 is 9.88 Å². The molecule has 2 aromatic carbocycles. The quantitative estimate of drug-likeness (QED) is 0.718. The number of halogens is 1. The maximum Gasteiger partial charge on any atom is 0.256 e. The Balaban J connectivity index is 1.92. The van der Waals surface area contributed by atoms with Crippen LogP contribution in [0.4, 0.5) is 5.69 Å². The van der Waals surface area contributed by atoms with Crippen molar-refractivity contribution in [2.24, 2.45) is 0 Å². The maximum absolute atomic E-state index is 12.3. The molecule has 0 radical (unpaired) electrons. The van der Waals surface area contributed by atoms with Crippen LogP contribution < -0.4 is 5.32 Å². The number of aryl methyl sites for hydroxylation is 1. The zero-order valence-corrected chi connectivity index (χ0v) is 13.3. The first-order chi connectivity index (χ1) is 11.2. The number of amides is 1. The minimum absolute atomic E-state index is 0.128. The van der Waals surface area contributed by atoms with Crippen LogP contribution in [0.3, 0.4) is 0 Å². The molecular formula is C18H14ClN3O. The van der Waals surface area contributed by atoms with Crippen LogP contribution in [-0.4, -0.2) is 15.5 Å². The predicted molar refractivity (Wildman–Crippen MR) is 93.4 cm³/mol. The van der Waals surface area contributed by atoms with E-state index >= 15 is 0 Å². The number of hydrogen-bond donors (Lipinski definition) is 1. The Morgan fingerprint density at radius 3 is 2.91 bits per heavy atom. The second kappa shape index (κ2) is 5.25. The van der Waals surface area contributed by atoms with Crippen molar-refractivity contribution in [1.82, 2.24) is 9.55 Å². The van der Waals surface area contributed by atoms with Crippen molar-refractivity contribution in [2.75, 3.05) is 5.32 Å². The number of nitrogens with one attached hydrogen (secondary N) is 1. The molecule has 4 nitrogen and oxygen atoms in total. The highest BCUT2D eigenvalue weighted by Gasteiger charge is 2.25. The Kier molecular flexibility index (Phi) is 3.20. The highest BCUT2D eigenvalue weighted by molar-refractivity contribution is 6.36. The number of imidazole rings is 1. The molecular weight excluding hydrogens is 310 g/mol. The van der Waals surface area contributed by atoms with Crippen LogP contribution in [-0.2, 0) is 11.3 Å². The van der Waals surface area contributed by atoms with E-state index < -0.39 is 0 Å². The van der Waals surface area contributed by atoms with Gasteiger partial charge in [-0.25, -0.2) is 4.98 Å². The summed E-state index contributed by atoms with van der Waals surface area (Å²) in [4.78, 5) is 17.0. The molecule has 0 unspecified atom stereocenters. The van der Waals surface area contributed by atoms with Crippen LogP contribution in [0.5, 0.6) is 0 Å². The van der Waals surface area contributed by atoms with Crippen LogP contribution in [0.1, 0.15) is 18.3 Å². The number of nitrogens with zero attached hydrogens (tertiary/aromatic N) is 2. The number of para-hydroxylation sites is 2. The Morgan fingerprint density at radius 1 is 1.26 bits per heavy atom. The molecule has 0 saturated heterocycles. The second-order valence-electron chi connectivity index (χ2n) is 5.41. The molecule has 2 heterocycles. The zero-order valence-electron chi connectivity index (χ0n) is 12.5. The summed E-state index contributed by atoms with van der Waals surface area (Å²) in [5.74, 6) is 0.642. The van der Waals surface area contributed by atoms with Gasteiger partial charge in [0.2, 0.25) is 0 Å². The van der Waals surface area contributed by atoms with Gasteiger partial charge in [-0.1, -0.05) is 23.7 Å². The smallest absolute Gasteiger partial charge is 0.256 e. The van der Waals surface area contributed by atoms with Gasteiger partial charge in [0.25, 0.3) is 5.91 Å². The maximum atomic E-state index is 12.3. The summed E-state index contributed by atoms with van der Waals surface area (Å²) in [5, 5.41) is 3.47. The molecule has 114 valence electrons. The van der Waals surface area contributed by atoms with Crippen molar-refractivity contribution < 1.29 is 4.79 Å². The van der Waals surface area contributed by atoms with Gasteiger partial charge in [-0.05, 0) is 43.3 Å². The number of benzene rings is 2. The topological polar surface area (TPSA) is 46.9 Å². The molecule has 0 spiro atoms. The third-order valence-corrected chi connectivity index (χ3v) is 4.27. The highest BCUT2D eigenvalue weighted by Crippen LogP contribution is 2.35. The summed E-state index contributed by atoms with van der Waals surface area (Å²) in [5.41, 5.74) is 4.17. The molecule has 0 atom stereocenters. The van der Waals surface area contributed by atoms with Crippen LogP contribution >= 0.6 is 11.6 Å². The van der Waals surface area contributed by atoms with Gasteiger partial charge in [0.1, 0.15) is 5.82 Å². The fourth-order valence-corrected chi connectivity index (χ4v) is 3.14. The summed E-state index contributed by atoms with van der Waals surface area (Å²) in [6, 6.07) is 13.4. The average Bonchev–Trinajstić information content (AvgIpc) is 3.05. The normalized spacial score (nSPS) is 15.2. The largest absolute Gasteiger partial charge is 0.325 e. The second-order valence-corrected chi connectivity index (χ2v) is 5.84. The lowest BCUT2D eigenvalue weighted by atomic mass is 10.1. The number of rotatable bonds is 2. The van der Waals surface area contributed by atoms with E-state index in [1.165, 1.54) is 0 Å². The molecule has 5 heteroatoms. The van der Waals surface area contributed by atoms with Gasteiger partial charge >= 0.3 is 0 Å². The summed E-state index contributed by atoms with van der Waals surface area (Å²) in [7, 11) is 0. The minimum atomic E-state index is -0.128. The van der Waals surface area contributed by atoms with E-state index in [1.54, 1.807) is 12.1 Å².